The van der Waals surface area contributed by atoms with Crippen molar-refractivity contribution in [2.75, 3.05) is 0 Å². The van der Waals surface area contributed by atoms with Gasteiger partial charge in [0.2, 0.25) is 5.91 Å². The minimum Gasteiger partial charge on any atom is -0.346 e. The maximum atomic E-state index is 13.2. The number of benzene rings is 2. The number of aromatic nitrogens is 3. The molecule has 162 valence electrons. The molecule has 0 saturated carbocycles. The molecule has 0 spiro atoms. The summed E-state index contributed by atoms with van der Waals surface area (Å²) in [6.07, 6.45) is 1.13. The predicted octanol–water partition coefficient (Wildman–Crippen LogP) is 4.58. The minimum atomic E-state index is -0.464. The molecule has 0 saturated heterocycles. The third-order valence-electron chi connectivity index (χ3n) is 4.50. The molecule has 0 aliphatic rings. The maximum absolute atomic E-state index is 13.2. The van der Waals surface area contributed by atoms with Crippen molar-refractivity contribution in [3.63, 3.8) is 0 Å². The summed E-state index contributed by atoms with van der Waals surface area (Å²) < 4.78 is 14.9. The zero-order valence-electron chi connectivity index (χ0n) is 17.1. The molecule has 8 nitrogen and oxygen atoms in total. The zero-order chi connectivity index (χ0) is 22.4. The van der Waals surface area contributed by atoms with Crippen molar-refractivity contribution in [1.29, 1.82) is 0 Å². The van der Waals surface area contributed by atoms with E-state index in [1.807, 2.05) is 13.8 Å². The normalized spacial score (nSPS) is 11.8. The Hall–Kier alpha value is -3.27. The smallest absolute Gasteiger partial charge is 0.269 e. The second kappa shape index (κ2) is 10.2. The van der Waals surface area contributed by atoms with Crippen molar-refractivity contribution in [3.05, 3.63) is 75.9 Å². The number of thioether (sulfide) groups is 1. The Balaban J connectivity index is 1.92. The number of nitrogens with zero attached hydrogens (tertiary/aromatic N) is 4. The summed E-state index contributed by atoms with van der Waals surface area (Å²) in [6, 6.07) is 11.8. The first kappa shape index (κ1) is 22.4. The van der Waals surface area contributed by atoms with Crippen LogP contribution in [0, 0.1) is 15.9 Å². The van der Waals surface area contributed by atoms with Crippen LogP contribution in [0.3, 0.4) is 0 Å². The Morgan fingerprint density at radius 2 is 1.87 bits per heavy atom. The number of non-ortho nitro benzene ring substituents is 1. The van der Waals surface area contributed by atoms with E-state index in [2.05, 4.69) is 15.5 Å². The minimum absolute atomic E-state index is 0.0248. The van der Waals surface area contributed by atoms with Crippen molar-refractivity contribution in [1.82, 2.24) is 20.1 Å². The van der Waals surface area contributed by atoms with Crippen LogP contribution in [0.1, 0.15) is 44.1 Å². The monoisotopic (exact) mass is 443 g/mol. The summed E-state index contributed by atoms with van der Waals surface area (Å²) in [5.41, 5.74) is 1.53. The van der Waals surface area contributed by atoms with Gasteiger partial charge in [0.25, 0.3) is 5.69 Å². The van der Waals surface area contributed by atoms with E-state index in [9.17, 15) is 19.3 Å². The highest BCUT2D eigenvalue weighted by Crippen LogP contribution is 2.28. The van der Waals surface area contributed by atoms with Gasteiger partial charge in [-0.15, -0.1) is 10.2 Å². The van der Waals surface area contributed by atoms with E-state index < -0.39 is 11.0 Å². The maximum Gasteiger partial charge on any atom is 0.269 e. The Morgan fingerprint density at radius 3 is 2.48 bits per heavy atom. The van der Waals surface area contributed by atoms with Gasteiger partial charge in [-0.25, -0.2) is 4.39 Å². The number of carbonyl (C=O) groups excluding carboxylic acids is 1. The molecule has 0 fully saturated rings. The van der Waals surface area contributed by atoms with Gasteiger partial charge in [0.15, 0.2) is 11.0 Å². The first-order valence-corrected chi connectivity index (χ1v) is 10.7. The Morgan fingerprint density at radius 1 is 1.19 bits per heavy atom. The molecular weight excluding hydrogens is 421 g/mol. The highest BCUT2D eigenvalue weighted by Gasteiger charge is 2.21. The molecular formula is C21H22FN5O3S. The standard InChI is InChI=1S/C21H22FN5O3S/c1-3-4-19(28)23-14(2)20-24-25-21(31-13-15-5-7-16(22)8-6-15)26(20)17-9-11-18(12-10-17)27(29)30/h5-12,14H,3-4,13H2,1-2H3,(H,23,28). The number of rotatable bonds is 9. The van der Waals surface area contributed by atoms with Crippen LogP contribution in [0.5, 0.6) is 0 Å². The first-order chi connectivity index (χ1) is 14.9. The molecule has 10 heteroatoms. The van der Waals surface area contributed by atoms with E-state index in [0.29, 0.717) is 28.8 Å². The van der Waals surface area contributed by atoms with Crippen molar-refractivity contribution in [2.24, 2.45) is 0 Å². The van der Waals surface area contributed by atoms with E-state index in [4.69, 9.17) is 0 Å². The van der Waals surface area contributed by atoms with Crippen LogP contribution < -0.4 is 5.32 Å². The first-order valence-electron chi connectivity index (χ1n) is 9.75. The lowest BCUT2D eigenvalue weighted by atomic mass is 10.2. The van der Waals surface area contributed by atoms with E-state index in [0.717, 1.165) is 12.0 Å². The van der Waals surface area contributed by atoms with Crippen LogP contribution in [0.15, 0.2) is 53.7 Å². The lowest BCUT2D eigenvalue weighted by Gasteiger charge is -2.16. The molecule has 0 aliphatic carbocycles. The zero-order valence-corrected chi connectivity index (χ0v) is 17.9. The molecule has 1 atom stereocenters. The summed E-state index contributed by atoms with van der Waals surface area (Å²) in [5, 5.41) is 23.0. The molecule has 31 heavy (non-hydrogen) atoms. The second-order valence-corrected chi connectivity index (χ2v) is 7.85. The van der Waals surface area contributed by atoms with Crippen LogP contribution in [0.4, 0.5) is 10.1 Å². The van der Waals surface area contributed by atoms with Crippen LogP contribution >= 0.6 is 11.8 Å². The topological polar surface area (TPSA) is 103 Å². The SMILES string of the molecule is CCCC(=O)NC(C)c1nnc(SCc2ccc(F)cc2)n1-c1ccc([N+](=O)[O-])cc1. The fourth-order valence-corrected chi connectivity index (χ4v) is 3.87. The van der Waals surface area contributed by atoms with E-state index >= 15 is 0 Å². The summed E-state index contributed by atoms with van der Waals surface area (Å²) >= 11 is 1.40. The van der Waals surface area contributed by atoms with Gasteiger partial charge in [-0.05, 0) is 43.2 Å². The molecule has 1 unspecified atom stereocenters. The lowest BCUT2D eigenvalue weighted by Crippen LogP contribution is -2.28. The summed E-state index contributed by atoms with van der Waals surface area (Å²) in [4.78, 5) is 22.6. The van der Waals surface area contributed by atoms with Crippen molar-refractivity contribution < 1.29 is 14.1 Å². The molecule has 0 aliphatic heterocycles. The predicted molar refractivity (Wildman–Crippen MR) is 115 cm³/mol. The molecule has 0 radical (unpaired) electrons. The Bertz CT molecular complexity index is 1050. The highest BCUT2D eigenvalue weighted by atomic mass is 32.2. The third-order valence-corrected chi connectivity index (χ3v) is 5.50. The number of hydrogen-bond acceptors (Lipinski definition) is 6. The van der Waals surface area contributed by atoms with E-state index in [1.54, 1.807) is 28.8 Å². The largest absolute Gasteiger partial charge is 0.346 e. The van der Waals surface area contributed by atoms with Gasteiger partial charge >= 0.3 is 0 Å². The molecule has 1 heterocycles. The summed E-state index contributed by atoms with van der Waals surface area (Å²) in [5.74, 6) is 0.650. The number of hydrogen-bond donors (Lipinski definition) is 1. The summed E-state index contributed by atoms with van der Waals surface area (Å²) in [6.45, 7) is 3.74. The average molecular weight is 444 g/mol. The Labute approximate surface area is 183 Å². The number of nitro groups is 1. The van der Waals surface area contributed by atoms with Crippen LogP contribution in [0.2, 0.25) is 0 Å². The van der Waals surface area contributed by atoms with Crippen LogP contribution in [0.25, 0.3) is 5.69 Å². The van der Waals surface area contributed by atoms with Crippen LogP contribution in [-0.2, 0) is 10.5 Å². The lowest BCUT2D eigenvalue weighted by molar-refractivity contribution is -0.384. The molecule has 1 N–H and O–H groups in total. The average Bonchev–Trinajstić information content (AvgIpc) is 3.17. The van der Waals surface area contributed by atoms with Gasteiger partial charge in [-0.1, -0.05) is 30.8 Å². The molecule has 0 bridgehead atoms. The van der Waals surface area contributed by atoms with Gasteiger partial charge in [0.1, 0.15) is 5.82 Å². The Kier molecular flexibility index (Phi) is 7.35. The fraction of sp³-hybridized carbons (Fsp3) is 0.286. The summed E-state index contributed by atoms with van der Waals surface area (Å²) in [7, 11) is 0. The number of halogens is 1. The van der Waals surface area contributed by atoms with E-state index in [1.165, 1.54) is 36.0 Å². The van der Waals surface area contributed by atoms with E-state index in [-0.39, 0.29) is 17.4 Å². The van der Waals surface area contributed by atoms with Crippen LogP contribution in [-0.4, -0.2) is 25.6 Å². The number of nitrogens with one attached hydrogen (secondary N) is 1. The van der Waals surface area contributed by atoms with Gasteiger partial charge < -0.3 is 5.32 Å². The number of carbonyl (C=O) groups is 1. The number of nitro benzene ring substituents is 1. The van der Waals surface area contributed by atoms with Gasteiger partial charge in [0.05, 0.1) is 11.0 Å². The van der Waals surface area contributed by atoms with Gasteiger partial charge in [-0.3, -0.25) is 19.5 Å². The van der Waals surface area contributed by atoms with Crippen molar-refractivity contribution in [3.8, 4) is 5.69 Å². The molecule has 1 aromatic heterocycles. The molecule has 1 amide bonds. The quantitative estimate of drug-likeness (QED) is 0.295. The molecule has 3 rings (SSSR count). The second-order valence-electron chi connectivity index (χ2n) is 6.90. The van der Waals surface area contributed by atoms with Gasteiger partial charge in [-0.2, -0.15) is 0 Å². The van der Waals surface area contributed by atoms with Crippen molar-refractivity contribution >= 4 is 23.4 Å². The highest BCUT2D eigenvalue weighted by molar-refractivity contribution is 7.98. The molecule has 2 aromatic carbocycles. The van der Waals surface area contributed by atoms with Crippen molar-refractivity contribution in [2.45, 2.75) is 43.6 Å². The molecule has 3 aromatic rings. The third kappa shape index (κ3) is 5.66. The number of amides is 1. The van der Waals surface area contributed by atoms with Gasteiger partial charge in [0, 0.05) is 30.0 Å². The fourth-order valence-electron chi connectivity index (χ4n) is 2.96.